The number of amides is 1. The maximum Gasteiger partial charge on any atom is 0.225 e. The summed E-state index contributed by atoms with van der Waals surface area (Å²) in [5.74, 6) is 0.293. The number of carbonyl (C=O) groups is 1. The molecular weight excluding hydrogens is 283 g/mol. The first kappa shape index (κ1) is 16.3. The Bertz CT molecular complexity index is 428. The van der Waals surface area contributed by atoms with Crippen LogP contribution in [0.4, 0.5) is 0 Å². The number of nitrogens with one attached hydrogen (secondary N) is 2. The van der Waals surface area contributed by atoms with Gasteiger partial charge in [-0.05, 0) is 17.7 Å². The van der Waals surface area contributed by atoms with E-state index < -0.39 is 0 Å². The van der Waals surface area contributed by atoms with E-state index in [1.807, 2.05) is 24.3 Å². The second-order valence-corrected chi connectivity index (χ2v) is 5.90. The molecule has 2 rings (SSSR count). The molecule has 0 aromatic heterocycles. The highest BCUT2D eigenvalue weighted by atomic mass is 35.5. The smallest absolute Gasteiger partial charge is 0.225 e. The SMILES string of the molecule is CC(C)(CNC(=O)C1CNC1)c1ccc(Cl)cc1.Cl. The molecule has 0 radical (unpaired) electrons. The highest BCUT2D eigenvalue weighted by Crippen LogP contribution is 2.24. The number of benzene rings is 1. The average Bonchev–Trinajstić information content (AvgIpc) is 2.25. The normalized spacial score (nSPS) is 15.3. The number of halogens is 2. The summed E-state index contributed by atoms with van der Waals surface area (Å²) in [6, 6.07) is 7.80. The Morgan fingerprint density at radius 2 is 1.95 bits per heavy atom. The highest BCUT2D eigenvalue weighted by molar-refractivity contribution is 6.30. The van der Waals surface area contributed by atoms with E-state index in [0.717, 1.165) is 18.1 Å². The topological polar surface area (TPSA) is 41.1 Å². The van der Waals surface area contributed by atoms with E-state index in [1.165, 1.54) is 5.56 Å². The average molecular weight is 303 g/mol. The van der Waals surface area contributed by atoms with Gasteiger partial charge in [0.1, 0.15) is 0 Å². The van der Waals surface area contributed by atoms with Gasteiger partial charge in [0, 0.05) is 30.1 Å². The molecule has 1 fully saturated rings. The van der Waals surface area contributed by atoms with Gasteiger partial charge in [-0.15, -0.1) is 12.4 Å². The summed E-state index contributed by atoms with van der Waals surface area (Å²) < 4.78 is 0. The molecule has 1 amide bonds. The molecule has 0 bridgehead atoms. The van der Waals surface area contributed by atoms with Crippen molar-refractivity contribution in [3.8, 4) is 0 Å². The zero-order valence-electron chi connectivity index (χ0n) is 11.2. The van der Waals surface area contributed by atoms with Crippen LogP contribution in [0.5, 0.6) is 0 Å². The van der Waals surface area contributed by atoms with Crippen LogP contribution in [0, 0.1) is 5.92 Å². The van der Waals surface area contributed by atoms with Crippen LogP contribution in [-0.4, -0.2) is 25.5 Å². The molecule has 1 heterocycles. The molecular formula is C14H20Cl2N2O. The number of hydrogen-bond donors (Lipinski definition) is 2. The first-order valence-corrected chi connectivity index (χ1v) is 6.61. The fourth-order valence-electron chi connectivity index (χ4n) is 1.93. The van der Waals surface area contributed by atoms with Crippen LogP contribution in [0.15, 0.2) is 24.3 Å². The van der Waals surface area contributed by atoms with E-state index in [1.54, 1.807) is 0 Å². The molecule has 5 heteroatoms. The first-order valence-electron chi connectivity index (χ1n) is 6.23. The zero-order chi connectivity index (χ0) is 13.2. The van der Waals surface area contributed by atoms with Crippen molar-refractivity contribution < 1.29 is 4.79 Å². The van der Waals surface area contributed by atoms with Gasteiger partial charge in [-0.2, -0.15) is 0 Å². The molecule has 106 valence electrons. The minimum atomic E-state index is -0.0859. The van der Waals surface area contributed by atoms with Gasteiger partial charge in [0.05, 0.1) is 5.92 Å². The van der Waals surface area contributed by atoms with E-state index in [9.17, 15) is 4.79 Å². The Morgan fingerprint density at radius 1 is 1.37 bits per heavy atom. The van der Waals surface area contributed by atoms with Crippen LogP contribution in [0.1, 0.15) is 19.4 Å². The predicted molar refractivity (Wildman–Crippen MR) is 81.1 cm³/mol. The summed E-state index contributed by atoms with van der Waals surface area (Å²) in [7, 11) is 0. The Morgan fingerprint density at radius 3 is 2.42 bits per heavy atom. The van der Waals surface area contributed by atoms with Gasteiger partial charge >= 0.3 is 0 Å². The van der Waals surface area contributed by atoms with E-state index in [4.69, 9.17) is 11.6 Å². The van der Waals surface area contributed by atoms with Crippen LogP contribution < -0.4 is 10.6 Å². The van der Waals surface area contributed by atoms with Gasteiger partial charge in [0.15, 0.2) is 0 Å². The summed E-state index contributed by atoms with van der Waals surface area (Å²) in [4.78, 5) is 11.8. The Labute approximate surface area is 125 Å². The van der Waals surface area contributed by atoms with Crippen LogP contribution in [0.25, 0.3) is 0 Å². The molecule has 2 N–H and O–H groups in total. The lowest BCUT2D eigenvalue weighted by Crippen LogP contribution is -2.52. The van der Waals surface area contributed by atoms with Crippen LogP contribution in [-0.2, 0) is 10.2 Å². The lowest BCUT2D eigenvalue weighted by Gasteiger charge is -2.30. The fraction of sp³-hybridized carbons (Fsp3) is 0.500. The summed E-state index contributed by atoms with van der Waals surface area (Å²) in [6.07, 6.45) is 0. The van der Waals surface area contributed by atoms with Gasteiger partial charge in [-0.3, -0.25) is 4.79 Å². The van der Waals surface area contributed by atoms with E-state index in [2.05, 4.69) is 24.5 Å². The zero-order valence-corrected chi connectivity index (χ0v) is 12.8. The fourth-order valence-corrected chi connectivity index (χ4v) is 2.06. The third kappa shape index (κ3) is 4.10. The van der Waals surface area contributed by atoms with Gasteiger partial charge in [0.2, 0.25) is 5.91 Å². The van der Waals surface area contributed by atoms with Gasteiger partial charge in [0.25, 0.3) is 0 Å². The van der Waals surface area contributed by atoms with E-state index >= 15 is 0 Å². The van der Waals surface area contributed by atoms with Crippen LogP contribution in [0.2, 0.25) is 5.02 Å². The molecule has 3 nitrogen and oxygen atoms in total. The molecule has 0 unspecified atom stereocenters. The van der Waals surface area contributed by atoms with Crippen molar-refractivity contribution in [3.05, 3.63) is 34.9 Å². The molecule has 1 aliphatic heterocycles. The maximum atomic E-state index is 11.8. The van der Waals surface area contributed by atoms with Crippen LogP contribution in [0.3, 0.4) is 0 Å². The molecule has 1 aromatic rings. The number of rotatable bonds is 4. The predicted octanol–water partition coefficient (Wildman–Crippen LogP) is 2.38. The van der Waals surface area contributed by atoms with Gasteiger partial charge in [-0.1, -0.05) is 37.6 Å². The number of hydrogen-bond acceptors (Lipinski definition) is 2. The Kier molecular flexibility index (Phi) is 5.65. The minimum Gasteiger partial charge on any atom is -0.355 e. The molecule has 0 aliphatic carbocycles. The van der Waals surface area contributed by atoms with Gasteiger partial charge < -0.3 is 10.6 Å². The van der Waals surface area contributed by atoms with Crippen molar-refractivity contribution >= 4 is 29.9 Å². The van der Waals surface area contributed by atoms with Crippen molar-refractivity contribution in [1.82, 2.24) is 10.6 Å². The summed E-state index contributed by atoms with van der Waals surface area (Å²) in [6.45, 7) is 6.48. The molecule has 1 aliphatic rings. The van der Waals surface area contributed by atoms with Crippen molar-refractivity contribution in [2.24, 2.45) is 5.92 Å². The maximum absolute atomic E-state index is 11.8. The third-order valence-electron chi connectivity index (χ3n) is 3.48. The molecule has 0 saturated carbocycles. The summed E-state index contributed by atoms with van der Waals surface area (Å²) in [5, 5.41) is 6.86. The lowest BCUT2D eigenvalue weighted by molar-refractivity contribution is -0.126. The van der Waals surface area contributed by atoms with E-state index in [0.29, 0.717) is 6.54 Å². The monoisotopic (exact) mass is 302 g/mol. The molecule has 1 saturated heterocycles. The quantitative estimate of drug-likeness (QED) is 0.896. The van der Waals surface area contributed by atoms with Gasteiger partial charge in [-0.25, -0.2) is 0 Å². The van der Waals surface area contributed by atoms with Crippen molar-refractivity contribution in [3.63, 3.8) is 0 Å². The van der Waals surface area contributed by atoms with Crippen molar-refractivity contribution in [2.75, 3.05) is 19.6 Å². The highest BCUT2D eigenvalue weighted by Gasteiger charge is 2.27. The molecule has 1 aromatic carbocycles. The lowest BCUT2D eigenvalue weighted by atomic mass is 9.84. The standard InChI is InChI=1S/C14H19ClN2O.ClH/c1-14(2,11-3-5-12(15)6-4-11)9-17-13(18)10-7-16-8-10;/h3-6,10,16H,7-9H2,1-2H3,(H,17,18);1H. The van der Waals surface area contributed by atoms with Crippen molar-refractivity contribution in [2.45, 2.75) is 19.3 Å². The number of carbonyl (C=O) groups excluding carboxylic acids is 1. The molecule has 19 heavy (non-hydrogen) atoms. The summed E-state index contributed by atoms with van der Waals surface area (Å²) in [5.41, 5.74) is 1.09. The third-order valence-corrected chi connectivity index (χ3v) is 3.73. The minimum absolute atomic E-state index is 0. The molecule has 0 spiro atoms. The van der Waals surface area contributed by atoms with E-state index in [-0.39, 0.29) is 29.6 Å². The largest absolute Gasteiger partial charge is 0.355 e. The first-order chi connectivity index (χ1) is 8.49. The Balaban J connectivity index is 0.00000180. The summed E-state index contributed by atoms with van der Waals surface area (Å²) >= 11 is 5.88. The second-order valence-electron chi connectivity index (χ2n) is 5.46. The second kappa shape index (κ2) is 6.60. The molecule has 0 atom stereocenters. The van der Waals surface area contributed by atoms with Crippen molar-refractivity contribution in [1.29, 1.82) is 0 Å². The van der Waals surface area contributed by atoms with Crippen LogP contribution >= 0.6 is 24.0 Å². The Hall–Kier alpha value is -0.770.